The molecule has 3 rings (SSSR count). The third kappa shape index (κ3) is 4.61. The molecule has 1 saturated carbocycles. The number of halogens is 1. The van der Waals surface area contributed by atoms with Gasteiger partial charge in [-0.25, -0.2) is 4.39 Å². The van der Waals surface area contributed by atoms with Crippen LogP contribution in [0.1, 0.15) is 48.0 Å². The van der Waals surface area contributed by atoms with Crippen molar-refractivity contribution in [1.82, 2.24) is 5.32 Å². The Morgan fingerprint density at radius 3 is 2.46 bits per heavy atom. The van der Waals surface area contributed by atoms with Gasteiger partial charge < -0.3 is 10.1 Å². The zero-order valence-corrected chi connectivity index (χ0v) is 16.0. The summed E-state index contributed by atoms with van der Waals surface area (Å²) in [5.41, 5.74) is 1.15. The fourth-order valence-corrected chi connectivity index (χ4v) is 3.54. The van der Waals surface area contributed by atoms with Crippen molar-refractivity contribution < 1.29 is 13.9 Å². The Kier molecular flexibility index (Phi) is 6.16. The number of ketones is 1. The number of hydrogen-bond acceptors (Lipinski definition) is 3. The third-order valence-electron chi connectivity index (χ3n) is 5.14. The highest BCUT2D eigenvalue weighted by Gasteiger charge is 2.30. The van der Waals surface area contributed by atoms with E-state index in [-0.39, 0.29) is 11.6 Å². The maximum absolute atomic E-state index is 13.8. The molecular weight excluding hydrogens is 353 g/mol. The normalized spacial score (nSPS) is 16.1. The van der Waals surface area contributed by atoms with Crippen molar-refractivity contribution in [2.24, 2.45) is 0 Å². The number of hydrogen-bond donors (Lipinski definition) is 1. The van der Waals surface area contributed by atoms with E-state index in [2.05, 4.69) is 11.2 Å². The van der Waals surface area contributed by atoms with E-state index < -0.39 is 5.54 Å². The summed E-state index contributed by atoms with van der Waals surface area (Å²) in [6, 6.07) is 13.1. The van der Waals surface area contributed by atoms with Gasteiger partial charge in [0.05, 0.1) is 12.6 Å². The maximum Gasteiger partial charge on any atom is 0.187 e. The summed E-state index contributed by atoms with van der Waals surface area (Å²) in [7, 11) is 1.58. The van der Waals surface area contributed by atoms with Crippen LogP contribution in [-0.2, 0) is 0 Å². The van der Waals surface area contributed by atoms with E-state index in [0.29, 0.717) is 22.6 Å². The van der Waals surface area contributed by atoms with Crippen LogP contribution in [0, 0.1) is 18.2 Å². The van der Waals surface area contributed by atoms with Gasteiger partial charge >= 0.3 is 0 Å². The number of rotatable bonds is 6. The molecule has 144 valence electrons. The average Bonchev–Trinajstić information content (AvgIpc) is 2.74. The lowest BCUT2D eigenvalue weighted by molar-refractivity contribution is 0.104. The van der Waals surface area contributed by atoms with Crippen molar-refractivity contribution in [3.05, 3.63) is 71.6 Å². The highest BCUT2D eigenvalue weighted by Crippen LogP contribution is 2.30. The standard InChI is InChI=1S/C24H24FNO2/c1-3-24(14-5-4-6-15-24)26-22(19-8-7-9-20(25)16-19)17-23(27)18-10-12-21(28-2)13-11-18/h1,7-13,16-17,26H,4-6,14-15H2,2H3/b22-17-. The molecule has 0 atom stereocenters. The van der Waals surface area contributed by atoms with Crippen LogP contribution in [0.25, 0.3) is 5.70 Å². The first-order chi connectivity index (χ1) is 13.5. The molecule has 0 aromatic heterocycles. The Morgan fingerprint density at radius 2 is 1.86 bits per heavy atom. The molecule has 2 aromatic carbocycles. The Morgan fingerprint density at radius 1 is 1.14 bits per heavy atom. The summed E-state index contributed by atoms with van der Waals surface area (Å²) in [4.78, 5) is 12.8. The van der Waals surface area contributed by atoms with Crippen molar-refractivity contribution in [3.63, 3.8) is 0 Å². The second kappa shape index (κ2) is 8.75. The monoisotopic (exact) mass is 377 g/mol. The predicted molar refractivity (Wildman–Crippen MR) is 109 cm³/mol. The third-order valence-corrected chi connectivity index (χ3v) is 5.14. The Bertz CT molecular complexity index is 903. The minimum Gasteiger partial charge on any atom is -0.497 e. The zero-order chi connectivity index (χ0) is 20.0. The second-order valence-electron chi connectivity index (χ2n) is 7.07. The number of terminal acetylenes is 1. The molecule has 3 nitrogen and oxygen atoms in total. The molecule has 0 saturated heterocycles. The summed E-state index contributed by atoms with van der Waals surface area (Å²) >= 11 is 0. The van der Waals surface area contributed by atoms with Gasteiger partial charge in [0.25, 0.3) is 0 Å². The van der Waals surface area contributed by atoms with Crippen LogP contribution in [0.5, 0.6) is 5.75 Å². The van der Waals surface area contributed by atoms with Gasteiger partial charge in [-0.3, -0.25) is 4.79 Å². The van der Waals surface area contributed by atoms with Crippen molar-refractivity contribution in [3.8, 4) is 18.1 Å². The van der Waals surface area contributed by atoms with Crippen molar-refractivity contribution in [2.75, 3.05) is 7.11 Å². The summed E-state index contributed by atoms with van der Waals surface area (Å²) in [6.07, 6.45) is 12.2. The molecule has 28 heavy (non-hydrogen) atoms. The largest absolute Gasteiger partial charge is 0.497 e. The van der Waals surface area contributed by atoms with Gasteiger partial charge in [-0.15, -0.1) is 6.42 Å². The Balaban J connectivity index is 1.96. The van der Waals surface area contributed by atoms with Crippen LogP contribution in [0.2, 0.25) is 0 Å². The van der Waals surface area contributed by atoms with E-state index >= 15 is 0 Å². The smallest absolute Gasteiger partial charge is 0.187 e. The van der Waals surface area contributed by atoms with Gasteiger partial charge in [-0.2, -0.15) is 0 Å². The predicted octanol–water partition coefficient (Wildman–Crippen LogP) is 4.98. The molecule has 0 aliphatic heterocycles. The fraction of sp³-hybridized carbons (Fsp3) is 0.292. The van der Waals surface area contributed by atoms with E-state index in [1.807, 2.05) is 0 Å². The highest BCUT2D eigenvalue weighted by molar-refractivity contribution is 6.08. The molecule has 1 aliphatic carbocycles. The molecule has 2 aromatic rings. The van der Waals surface area contributed by atoms with E-state index in [1.165, 1.54) is 18.2 Å². The summed E-state index contributed by atoms with van der Waals surface area (Å²) in [5, 5.41) is 3.40. The number of methoxy groups -OCH3 is 1. The van der Waals surface area contributed by atoms with Crippen LogP contribution in [0.15, 0.2) is 54.6 Å². The molecule has 0 amide bonds. The van der Waals surface area contributed by atoms with Crippen LogP contribution in [-0.4, -0.2) is 18.4 Å². The summed E-state index contributed by atoms with van der Waals surface area (Å²) in [6.45, 7) is 0. The first-order valence-electron chi connectivity index (χ1n) is 9.47. The lowest BCUT2D eigenvalue weighted by atomic mass is 9.82. The number of nitrogens with one attached hydrogen (secondary N) is 1. The second-order valence-corrected chi connectivity index (χ2v) is 7.07. The number of carbonyl (C=O) groups is 1. The molecule has 1 N–H and O–H groups in total. The van der Waals surface area contributed by atoms with Crippen molar-refractivity contribution >= 4 is 11.5 Å². The van der Waals surface area contributed by atoms with E-state index in [9.17, 15) is 9.18 Å². The molecule has 0 unspecified atom stereocenters. The summed E-state index contributed by atoms with van der Waals surface area (Å²) in [5.74, 6) is 3.02. The van der Waals surface area contributed by atoms with Gasteiger partial charge in [-0.05, 0) is 49.2 Å². The number of carbonyl (C=O) groups excluding carboxylic acids is 1. The van der Waals surface area contributed by atoms with Gasteiger partial charge in [0, 0.05) is 22.9 Å². The van der Waals surface area contributed by atoms with Gasteiger partial charge in [-0.1, -0.05) is 37.3 Å². The van der Waals surface area contributed by atoms with Gasteiger partial charge in [0.15, 0.2) is 5.78 Å². The number of allylic oxidation sites excluding steroid dienone is 1. The quantitative estimate of drug-likeness (QED) is 0.438. The molecule has 0 spiro atoms. The van der Waals surface area contributed by atoms with Crippen LogP contribution >= 0.6 is 0 Å². The van der Waals surface area contributed by atoms with Gasteiger partial charge in [0.1, 0.15) is 11.6 Å². The molecule has 1 fully saturated rings. The number of benzene rings is 2. The molecule has 0 radical (unpaired) electrons. The highest BCUT2D eigenvalue weighted by atomic mass is 19.1. The first-order valence-corrected chi connectivity index (χ1v) is 9.47. The lowest BCUT2D eigenvalue weighted by Gasteiger charge is -2.35. The van der Waals surface area contributed by atoms with E-state index in [0.717, 1.165) is 32.1 Å². The minimum atomic E-state index is -0.517. The average molecular weight is 377 g/mol. The van der Waals surface area contributed by atoms with Crippen molar-refractivity contribution in [2.45, 2.75) is 37.6 Å². The van der Waals surface area contributed by atoms with Crippen LogP contribution in [0.4, 0.5) is 4.39 Å². The first kappa shape index (κ1) is 19.7. The number of ether oxygens (including phenoxy) is 1. The maximum atomic E-state index is 13.8. The molecule has 4 heteroatoms. The Labute approximate surface area is 165 Å². The minimum absolute atomic E-state index is 0.183. The SMILES string of the molecule is C#CC1(N/C(=C\C(=O)c2ccc(OC)cc2)c2cccc(F)c2)CCCCC1. The molecule has 0 bridgehead atoms. The molecule has 1 aliphatic rings. The lowest BCUT2D eigenvalue weighted by Crippen LogP contribution is -2.44. The van der Waals surface area contributed by atoms with E-state index in [4.69, 9.17) is 11.2 Å². The van der Waals surface area contributed by atoms with Gasteiger partial charge in [0.2, 0.25) is 0 Å². The topological polar surface area (TPSA) is 38.3 Å². The Hall–Kier alpha value is -3.06. The van der Waals surface area contributed by atoms with Crippen molar-refractivity contribution in [1.29, 1.82) is 0 Å². The fourth-order valence-electron chi connectivity index (χ4n) is 3.54. The molecule has 0 heterocycles. The van der Waals surface area contributed by atoms with Crippen LogP contribution < -0.4 is 10.1 Å². The summed E-state index contributed by atoms with van der Waals surface area (Å²) < 4.78 is 19.0. The van der Waals surface area contributed by atoms with E-state index in [1.54, 1.807) is 43.5 Å². The molecular formula is C24H24FNO2. The van der Waals surface area contributed by atoms with Crippen LogP contribution in [0.3, 0.4) is 0 Å². The zero-order valence-electron chi connectivity index (χ0n) is 16.0.